The molecule has 0 saturated heterocycles. The van der Waals surface area contributed by atoms with Crippen molar-refractivity contribution < 1.29 is 4.79 Å². The molecule has 0 radical (unpaired) electrons. The van der Waals surface area contributed by atoms with Crippen molar-refractivity contribution in [1.82, 2.24) is 30.3 Å². The average Bonchev–Trinajstić information content (AvgIpc) is 3.11. The van der Waals surface area contributed by atoms with Crippen LogP contribution >= 0.6 is 11.8 Å². The van der Waals surface area contributed by atoms with Crippen LogP contribution in [0.2, 0.25) is 0 Å². The van der Waals surface area contributed by atoms with Gasteiger partial charge < -0.3 is 9.88 Å². The van der Waals surface area contributed by atoms with Crippen molar-refractivity contribution >= 4 is 28.6 Å². The first-order valence-corrected chi connectivity index (χ1v) is 7.88. The number of amides is 1. The number of aromatic nitrogens is 5. The number of aryl methyl sites for hydroxylation is 1. The van der Waals surface area contributed by atoms with Crippen LogP contribution in [0.4, 0.5) is 0 Å². The van der Waals surface area contributed by atoms with Gasteiger partial charge in [0.25, 0.3) is 0 Å². The largest absolute Gasteiger partial charge is 0.355 e. The van der Waals surface area contributed by atoms with Crippen molar-refractivity contribution in [2.75, 3.05) is 12.3 Å². The van der Waals surface area contributed by atoms with Gasteiger partial charge in [-0.15, -0.1) is 10.2 Å². The van der Waals surface area contributed by atoms with Crippen molar-refractivity contribution in [2.24, 2.45) is 7.05 Å². The average molecular weight is 316 g/mol. The number of nitrogens with zero attached hydrogens (tertiary/aromatic N) is 4. The van der Waals surface area contributed by atoms with Gasteiger partial charge in [0.15, 0.2) is 5.16 Å². The molecule has 0 atom stereocenters. The second-order valence-electron chi connectivity index (χ2n) is 4.82. The normalized spacial score (nSPS) is 11.0. The fourth-order valence-corrected chi connectivity index (χ4v) is 2.85. The summed E-state index contributed by atoms with van der Waals surface area (Å²) in [5.41, 5.74) is 1.72. The van der Waals surface area contributed by atoms with Gasteiger partial charge in [0.1, 0.15) is 6.33 Å². The van der Waals surface area contributed by atoms with E-state index in [9.17, 15) is 4.79 Å². The standard InChI is InChI=1S/C14H16N6OS/c1-20-9-16-19-14(20)22-7-6-15-13(21)8-12-10-4-2-3-5-11(10)17-18-12/h2-5,9H,6-8H2,1H3,(H,15,21)(H,17,18). The molecule has 0 aliphatic rings. The Morgan fingerprint density at radius 2 is 2.27 bits per heavy atom. The number of H-pyrrole nitrogens is 1. The highest BCUT2D eigenvalue weighted by atomic mass is 32.2. The summed E-state index contributed by atoms with van der Waals surface area (Å²) in [5, 5.41) is 19.6. The topological polar surface area (TPSA) is 88.5 Å². The molecule has 8 heteroatoms. The summed E-state index contributed by atoms with van der Waals surface area (Å²) in [6.07, 6.45) is 1.96. The third kappa shape index (κ3) is 3.28. The molecule has 0 spiro atoms. The van der Waals surface area contributed by atoms with E-state index < -0.39 is 0 Å². The summed E-state index contributed by atoms with van der Waals surface area (Å²) in [5.74, 6) is 0.732. The number of hydrogen-bond acceptors (Lipinski definition) is 5. The molecule has 114 valence electrons. The number of carbonyl (C=O) groups is 1. The van der Waals surface area contributed by atoms with E-state index in [-0.39, 0.29) is 5.91 Å². The number of benzene rings is 1. The number of nitrogens with one attached hydrogen (secondary N) is 2. The van der Waals surface area contributed by atoms with Gasteiger partial charge in [-0.05, 0) is 6.07 Å². The molecule has 2 heterocycles. The van der Waals surface area contributed by atoms with Crippen LogP contribution < -0.4 is 5.32 Å². The zero-order valence-corrected chi connectivity index (χ0v) is 12.9. The highest BCUT2D eigenvalue weighted by Crippen LogP contribution is 2.15. The lowest BCUT2D eigenvalue weighted by atomic mass is 10.1. The Balaban J connectivity index is 1.47. The molecule has 2 N–H and O–H groups in total. The molecule has 3 rings (SSSR count). The monoisotopic (exact) mass is 316 g/mol. The molecule has 22 heavy (non-hydrogen) atoms. The molecule has 2 aromatic heterocycles. The minimum Gasteiger partial charge on any atom is -0.355 e. The van der Waals surface area contributed by atoms with Crippen LogP contribution in [0.1, 0.15) is 5.69 Å². The SMILES string of the molecule is Cn1cnnc1SCCNC(=O)Cc1[nH]nc2ccccc12. The van der Waals surface area contributed by atoms with Crippen LogP contribution in [0.25, 0.3) is 10.9 Å². The third-order valence-electron chi connectivity index (χ3n) is 3.20. The second-order valence-corrected chi connectivity index (χ2v) is 5.88. The zero-order chi connectivity index (χ0) is 15.4. The van der Waals surface area contributed by atoms with Crippen LogP contribution in [-0.4, -0.2) is 43.2 Å². The van der Waals surface area contributed by atoms with Crippen molar-refractivity contribution in [2.45, 2.75) is 11.6 Å². The number of aromatic amines is 1. The third-order valence-corrected chi connectivity index (χ3v) is 4.24. The van der Waals surface area contributed by atoms with E-state index >= 15 is 0 Å². The van der Waals surface area contributed by atoms with Gasteiger partial charge in [0.05, 0.1) is 17.6 Å². The number of fused-ring (bicyclic) bond motifs is 1. The van der Waals surface area contributed by atoms with Crippen molar-refractivity contribution in [1.29, 1.82) is 0 Å². The molecule has 0 unspecified atom stereocenters. The Kier molecular flexibility index (Phi) is 4.38. The fraction of sp³-hybridized carbons (Fsp3) is 0.286. The molecule has 1 amide bonds. The Hall–Kier alpha value is -2.35. The minimum absolute atomic E-state index is 0.0204. The van der Waals surface area contributed by atoms with Crippen molar-refractivity contribution in [3.05, 3.63) is 36.3 Å². The Labute approximate surface area is 131 Å². The summed E-state index contributed by atoms with van der Waals surface area (Å²) in [4.78, 5) is 12.0. The summed E-state index contributed by atoms with van der Waals surface area (Å²) < 4.78 is 1.85. The summed E-state index contributed by atoms with van der Waals surface area (Å²) in [6, 6.07) is 7.75. The lowest BCUT2D eigenvalue weighted by molar-refractivity contribution is -0.120. The van der Waals surface area contributed by atoms with Crippen LogP contribution in [0.5, 0.6) is 0 Å². The van der Waals surface area contributed by atoms with Gasteiger partial charge in [0.2, 0.25) is 5.91 Å². The van der Waals surface area contributed by atoms with E-state index in [0.29, 0.717) is 13.0 Å². The maximum Gasteiger partial charge on any atom is 0.226 e. The molecule has 0 fully saturated rings. The molecule has 0 aliphatic carbocycles. The van der Waals surface area contributed by atoms with E-state index in [1.165, 1.54) is 0 Å². The van der Waals surface area contributed by atoms with Gasteiger partial charge in [-0.2, -0.15) is 5.10 Å². The van der Waals surface area contributed by atoms with Gasteiger partial charge in [-0.3, -0.25) is 9.89 Å². The molecule has 7 nitrogen and oxygen atoms in total. The van der Waals surface area contributed by atoms with E-state index in [1.807, 2.05) is 35.9 Å². The Morgan fingerprint density at radius 1 is 1.41 bits per heavy atom. The van der Waals surface area contributed by atoms with E-state index in [4.69, 9.17) is 0 Å². The summed E-state index contributed by atoms with van der Waals surface area (Å²) >= 11 is 1.56. The Morgan fingerprint density at radius 3 is 3.09 bits per heavy atom. The van der Waals surface area contributed by atoms with E-state index in [0.717, 1.165) is 27.5 Å². The molecule has 0 saturated carbocycles. The fourth-order valence-electron chi connectivity index (χ4n) is 2.11. The maximum absolute atomic E-state index is 12.0. The first kappa shape index (κ1) is 14.6. The predicted octanol–water partition coefficient (Wildman–Crippen LogP) is 1.14. The summed E-state index contributed by atoms with van der Waals surface area (Å²) in [7, 11) is 1.89. The first-order valence-electron chi connectivity index (χ1n) is 6.89. The zero-order valence-electron chi connectivity index (χ0n) is 12.1. The van der Waals surface area contributed by atoms with Gasteiger partial charge in [-0.25, -0.2) is 0 Å². The first-order chi connectivity index (χ1) is 10.7. The van der Waals surface area contributed by atoms with Crippen LogP contribution in [0.15, 0.2) is 35.7 Å². The van der Waals surface area contributed by atoms with Crippen LogP contribution in [0, 0.1) is 0 Å². The van der Waals surface area contributed by atoms with E-state index in [2.05, 4.69) is 25.7 Å². The number of thioether (sulfide) groups is 1. The predicted molar refractivity (Wildman–Crippen MR) is 84.5 cm³/mol. The van der Waals surface area contributed by atoms with Crippen molar-refractivity contribution in [3.8, 4) is 0 Å². The molecule has 3 aromatic rings. The Bertz CT molecular complexity index is 780. The number of hydrogen-bond donors (Lipinski definition) is 2. The van der Waals surface area contributed by atoms with Crippen LogP contribution in [-0.2, 0) is 18.3 Å². The molecular formula is C14H16N6OS. The molecule has 0 bridgehead atoms. The lowest BCUT2D eigenvalue weighted by Crippen LogP contribution is -2.27. The lowest BCUT2D eigenvalue weighted by Gasteiger charge is -2.04. The van der Waals surface area contributed by atoms with Crippen molar-refractivity contribution in [3.63, 3.8) is 0 Å². The maximum atomic E-state index is 12.0. The highest BCUT2D eigenvalue weighted by Gasteiger charge is 2.09. The van der Waals surface area contributed by atoms with Crippen LogP contribution in [0.3, 0.4) is 0 Å². The second kappa shape index (κ2) is 6.61. The van der Waals surface area contributed by atoms with E-state index in [1.54, 1.807) is 18.1 Å². The number of para-hydroxylation sites is 1. The summed E-state index contributed by atoms with van der Waals surface area (Å²) in [6.45, 7) is 0.586. The minimum atomic E-state index is -0.0204. The molecule has 1 aromatic carbocycles. The van der Waals surface area contributed by atoms with Gasteiger partial charge in [-0.1, -0.05) is 30.0 Å². The number of rotatable bonds is 6. The van der Waals surface area contributed by atoms with Gasteiger partial charge in [0, 0.05) is 24.7 Å². The molecule has 0 aliphatic heterocycles. The smallest absolute Gasteiger partial charge is 0.226 e. The van der Waals surface area contributed by atoms with Gasteiger partial charge >= 0.3 is 0 Å². The number of carbonyl (C=O) groups excluding carboxylic acids is 1. The quantitative estimate of drug-likeness (QED) is 0.526. The molecular weight excluding hydrogens is 300 g/mol. The highest BCUT2D eigenvalue weighted by molar-refractivity contribution is 7.99.